The zero-order valence-electron chi connectivity index (χ0n) is 11.8. The van der Waals surface area contributed by atoms with Gasteiger partial charge in [-0.1, -0.05) is 26.0 Å². The first kappa shape index (κ1) is 14.4. The lowest BCUT2D eigenvalue weighted by Gasteiger charge is -2.35. The van der Waals surface area contributed by atoms with Crippen LogP contribution in [0.2, 0.25) is 0 Å². The largest absolute Gasteiger partial charge is 0.497 e. The Bertz CT molecular complexity index is 327. The normalized spacial score (nSPS) is 12.8. The van der Waals surface area contributed by atoms with Gasteiger partial charge in [-0.05, 0) is 54.1 Å². The maximum Gasteiger partial charge on any atom is 0.118 e. The lowest BCUT2D eigenvalue weighted by molar-refractivity contribution is 0.414. The van der Waals surface area contributed by atoms with Gasteiger partial charge in [0.25, 0.3) is 0 Å². The van der Waals surface area contributed by atoms with Crippen LogP contribution in [0.3, 0.4) is 0 Å². The minimum Gasteiger partial charge on any atom is -0.497 e. The standard InChI is InChI=1S/C15H26OS/c1-13(2)17(4,5)12-6-7-14-8-10-15(16-3)11-9-14/h8-11,13H,6-7,12H2,1-5H3. The predicted octanol–water partition coefficient (Wildman–Crippen LogP) is 4.10. The molecule has 0 unspecified atom stereocenters. The fraction of sp³-hybridized carbons (Fsp3) is 0.600. The van der Waals surface area contributed by atoms with Gasteiger partial charge in [-0.25, -0.2) is 10.0 Å². The Balaban J connectivity index is 2.40. The van der Waals surface area contributed by atoms with E-state index in [1.165, 1.54) is 24.2 Å². The molecule has 0 amide bonds. The molecule has 1 aromatic rings. The van der Waals surface area contributed by atoms with Gasteiger partial charge >= 0.3 is 0 Å². The van der Waals surface area contributed by atoms with Crippen molar-refractivity contribution in [2.75, 3.05) is 25.4 Å². The molecule has 0 atom stereocenters. The molecule has 0 aliphatic heterocycles. The third-order valence-corrected chi connectivity index (χ3v) is 7.46. The summed E-state index contributed by atoms with van der Waals surface area (Å²) < 4.78 is 5.16. The summed E-state index contributed by atoms with van der Waals surface area (Å²) in [4.78, 5) is 0. The van der Waals surface area contributed by atoms with E-state index < -0.39 is 10.0 Å². The van der Waals surface area contributed by atoms with Crippen molar-refractivity contribution in [2.24, 2.45) is 0 Å². The molecule has 0 fully saturated rings. The lowest BCUT2D eigenvalue weighted by Crippen LogP contribution is -2.13. The van der Waals surface area contributed by atoms with Crippen molar-refractivity contribution < 1.29 is 4.74 Å². The highest BCUT2D eigenvalue weighted by Crippen LogP contribution is 2.45. The van der Waals surface area contributed by atoms with E-state index in [0.717, 1.165) is 11.0 Å². The number of aryl methyl sites for hydroxylation is 1. The van der Waals surface area contributed by atoms with Crippen LogP contribution in [0.4, 0.5) is 0 Å². The third-order valence-electron chi connectivity index (χ3n) is 3.57. The van der Waals surface area contributed by atoms with Gasteiger partial charge in [0.2, 0.25) is 0 Å². The van der Waals surface area contributed by atoms with Gasteiger partial charge in [0, 0.05) is 0 Å². The van der Waals surface area contributed by atoms with Crippen LogP contribution in [0, 0.1) is 0 Å². The van der Waals surface area contributed by atoms with Crippen LogP contribution in [0.1, 0.15) is 25.8 Å². The van der Waals surface area contributed by atoms with Crippen molar-refractivity contribution >= 4 is 10.0 Å². The smallest absolute Gasteiger partial charge is 0.118 e. The number of methoxy groups -OCH3 is 1. The van der Waals surface area contributed by atoms with Crippen LogP contribution in [0.5, 0.6) is 5.75 Å². The van der Waals surface area contributed by atoms with Crippen LogP contribution in [0.15, 0.2) is 24.3 Å². The predicted molar refractivity (Wildman–Crippen MR) is 80.8 cm³/mol. The van der Waals surface area contributed by atoms with Gasteiger partial charge in [0.05, 0.1) is 7.11 Å². The topological polar surface area (TPSA) is 9.23 Å². The summed E-state index contributed by atoms with van der Waals surface area (Å²) in [5, 5.41) is 0.832. The Morgan fingerprint density at radius 1 is 1.12 bits per heavy atom. The van der Waals surface area contributed by atoms with Crippen LogP contribution in [0.25, 0.3) is 0 Å². The maximum atomic E-state index is 5.16. The SMILES string of the molecule is COc1ccc(CCCS(C)(C)C(C)C)cc1. The molecule has 1 nitrogen and oxygen atoms in total. The van der Waals surface area contributed by atoms with Gasteiger partial charge in [-0.3, -0.25) is 0 Å². The number of hydrogen-bond acceptors (Lipinski definition) is 1. The molecule has 0 heterocycles. The summed E-state index contributed by atoms with van der Waals surface area (Å²) in [5.74, 6) is 2.32. The molecule has 0 N–H and O–H groups in total. The molecule has 0 aromatic heterocycles. The van der Waals surface area contributed by atoms with Gasteiger partial charge in [-0.2, -0.15) is 0 Å². The Morgan fingerprint density at radius 3 is 2.18 bits per heavy atom. The molecule has 1 aromatic carbocycles. The van der Waals surface area contributed by atoms with Crippen molar-refractivity contribution in [3.63, 3.8) is 0 Å². The molecule has 98 valence electrons. The van der Waals surface area contributed by atoms with Crippen LogP contribution < -0.4 is 4.74 Å². The van der Waals surface area contributed by atoms with E-state index in [9.17, 15) is 0 Å². The minimum atomic E-state index is -0.406. The van der Waals surface area contributed by atoms with E-state index in [4.69, 9.17) is 4.74 Å². The number of benzene rings is 1. The average molecular weight is 254 g/mol. The summed E-state index contributed by atoms with van der Waals surface area (Å²) >= 11 is 0. The first-order valence-corrected chi connectivity index (χ1v) is 8.96. The zero-order valence-corrected chi connectivity index (χ0v) is 12.6. The van der Waals surface area contributed by atoms with E-state index in [1.807, 2.05) is 0 Å². The Morgan fingerprint density at radius 2 is 1.71 bits per heavy atom. The second-order valence-electron chi connectivity index (χ2n) is 5.33. The monoisotopic (exact) mass is 254 g/mol. The van der Waals surface area contributed by atoms with Crippen LogP contribution in [-0.4, -0.2) is 30.6 Å². The molecule has 0 saturated carbocycles. The summed E-state index contributed by atoms with van der Waals surface area (Å²) in [6.45, 7) is 4.70. The van der Waals surface area contributed by atoms with Gasteiger partial charge in [0.1, 0.15) is 5.75 Å². The second-order valence-corrected chi connectivity index (χ2v) is 9.93. The van der Waals surface area contributed by atoms with Crippen molar-refractivity contribution in [3.8, 4) is 5.75 Å². The first-order chi connectivity index (χ1) is 7.95. The molecule has 1 rings (SSSR count). The number of rotatable bonds is 6. The highest BCUT2D eigenvalue weighted by molar-refractivity contribution is 8.33. The maximum absolute atomic E-state index is 5.16. The highest BCUT2D eigenvalue weighted by Gasteiger charge is 2.15. The average Bonchev–Trinajstić information content (AvgIpc) is 2.29. The summed E-state index contributed by atoms with van der Waals surface area (Å²) in [6.07, 6.45) is 7.39. The molecule has 0 spiro atoms. The number of ether oxygens (including phenoxy) is 1. The lowest BCUT2D eigenvalue weighted by atomic mass is 10.1. The molecule has 0 bridgehead atoms. The Labute approximate surface area is 108 Å². The van der Waals surface area contributed by atoms with Crippen LogP contribution in [-0.2, 0) is 6.42 Å². The van der Waals surface area contributed by atoms with E-state index in [0.29, 0.717) is 0 Å². The fourth-order valence-electron chi connectivity index (χ4n) is 1.68. The quantitative estimate of drug-likeness (QED) is 0.742. The molecular weight excluding hydrogens is 228 g/mol. The molecular formula is C15H26OS. The molecule has 17 heavy (non-hydrogen) atoms. The van der Waals surface area contributed by atoms with Gasteiger partial charge in [-0.15, -0.1) is 0 Å². The van der Waals surface area contributed by atoms with Gasteiger partial charge < -0.3 is 4.74 Å². The summed E-state index contributed by atoms with van der Waals surface area (Å²) in [6, 6.07) is 8.46. The number of hydrogen-bond donors (Lipinski definition) is 0. The van der Waals surface area contributed by atoms with Crippen molar-refractivity contribution in [3.05, 3.63) is 29.8 Å². The Kier molecular flexibility index (Phi) is 5.38. The second kappa shape index (κ2) is 6.34. The molecule has 0 aliphatic rings. The molecule has 2 heteroatoms. The van der Waals surface area contributed by atoms with E-state index in [1.54, 1.807) is 7.11 Å². The first-order valence-electron chi connectivity index (χ1n) is 6.28. The van der Waals surface area contributed by atoms with Crippen molar-refractivity contribution in [1.29, 1.82) is 0 Å². The molecule has 0 radical (unpaired) electrons. The van der Waals surface area contributed by atoms with Crippen molar-refractivity contribution in [1.82, 2.24) is 0 Å². The van der Waals surface area contributed by atoms with Crippen molar-refractivity contribution in [2.45, 2.75) is 31.9 Å². The summed E-state index contributed by atoms with van der Waals surface area (Å²) in [7, 11) is 1.31. The van der Waals surface area contributed by atoms with Crippen LogP contribution >= 0.6 is 10.0 Å². The zero-order chi connectivity index (χ0) is 12.9. The fourth-order valence-corrected chi connectivity index (χ4v) is 3.04. The molecule has 0 saturated heterocycles. The van der Waals surface area contributed by atoms with E-state index in [2.05, 4.69) is 50.6 Å². The highest BCUT2D eigenvalue weighted by atomic mass is 32.3. The molecule has 0 aliphatic carbocycles. The third kappa shape index (κ3) is 4.63. The van der Waals surface area contributed by atoms with E-state index >= 15 is 0 Å². The summed E-state index contributed by atoms with van der Waals surface area (Å²) in [5.41, 5.74) is 1.42. The van der Waals surface area contributed by atoms with E-state index in [-0.39, 0.29) is 0 Å². The minimum absolute atomic E-state index is 0.406. The van der Waals surface area contributed by atoms with Gasteiger partial charge in [0.15, 0.2) is 0 Å². The Hall–Kier alpha value is -0.630.